The minimum absolute atomic E-state index is 0.192. The van der Waals surface area contributed by atoms with Crippen LogP contribution in [0.5, 0.6) is 5.75 Å². The molecule has 29 heavy (non-hydrogen) atoms. The van der Waals surface area contributed by atoms with Crippen LogP contribution in [-0.2, 0) is 16.1 Å². The minimum atomic E-state index is -0.477. The first-order valence-electron chi connectivity index (χ1n) is 9.15. The summed E-state index contributed by atoms with van der Waals surface area (Å²) in [6, 6.07) is 25.6. The molecule has 0 aliphatic carbocycles. The molecule has 0 saturated heterocycles. The van der Waals surface area contributed by atoms with E-state index in [-0.39, 0.29) is 13.2 Å². The van der Waals surface area contributed by atoms with E-state index in [0.717, 1.165) is 16.5 Å². The number of hydrogen-bond acceptors (Lipinski definition) is 5. The van der Waals surface area contributed by atoms with E-state index >= 15 is 0 Å². The number of benzene rings is 3. The Morgan fingerprint density at radius 3 is 2.34 bits per heavy atom. The fraction of sp³-hybridized carbons (Fsp3) is 0.0833. The Morgan fingerprint density at radius 1 is 0.862 bits per heavy atom. The first-order valence-corrected chi connectivity index (χ1v) is 9.15. The standard InChI is InChI=1S/C24H18O5/c25-23(28-15-17-7-3-1-4-8-17)16-27-20-12-11-19-13-21(18-9-5-2-6-10-18)24(26)29-22(19)14-20/h1-14H,15-16H2. The van der Waals surface area contributed by atoms with E-state index in [1.165, 1.54) is 0 Å². The van der Waals surface area contributed by atoms with Crippen molar-refractivity contribution in [1.82, 2.24) is 0 Å². The molecule has 0 unspecified atom stereocenters. The molecule has 0 spiro atoms. The highest BCUT2D eigenvalue weighted by atomic mass is 16.6. The van der Waals surface area contributed by atoms with Gasteiger partial charge in [-0.2, -0.15) is 0 Å². The van der Waals surface area contributed by atoms with Gasteiger partial charge < -0.3 is 13.9 Å². The first kappa shape index (κ1) is 18.5. The van der Waals surface area contributed by atoms with Crippen LogP contribution in [0.2, 0.25) is 0 Å². The van der Waals surface area contributed by atoms with Crippen LogP contribution in [0.3, 0.4) is 0 Å². The van der Waals surface area contributed by atoms with Crippen LogP contribution in [0.1, 0.15) is 5.56 Å². The van der Waals surface area contributed by atoms with Crippen LogP contribution in [0.25, 0.3) is 22.1 Å². The van der Waals surface area contributed by atoms with Crippen molar-refractivity contribution in [3.8, 4) is 16.9 Å². The molecule has 5 nitrogen and oxygen atoms in total. The molecule has 4 rings (SSSR count). The fourth-order valence-corrected chi connectivity index (χ4v) is 2.92. The van der Waals surface area contributed by atoms with Gasteiger partial charge in [0.25, 0.3) is 0 Å². The third-order valence-electron chi connectivity index (χ3n) is 4.39. The summed E-state index contributed by atoms with van der Waals surface area (Å²) in [6.45, 7) is -0.0391. The van der Waals surface area contributed by atoms with Crippen molar-refractivity contribution in [1.29, 1.82) is 0 Å². The maximum absolute atomic E-state index is 12.3. The average molecular weight is 386 g/mol. The predicted molar refractivity (Wildman–Crippen MR) is 110 cm³/mol. The molecule has 4 aromatic rings. The van der Waals surface area contributed by atoms with Crippen LogP contribution < -0.4 is 10.4 Å². The van der Waals surface area contributed by atoms with Crippen molar-refractivity contribution in [2.24, 2.45) is 0 Å². The molecule has 0 bridgehead atoms. The monoisotopic (exact) mass is 386 g/mol. The smallest absolute Gasteiger partial charge is 0.344 e. The average Bonchev–Trinajstić information content (AvgIpc) is 2.77. The van der Waals surface area contributed by atoms with E-state index in [0.29, 0.717) is 16.9 Å². The Bertz CT molecular complexity index is 1180. The molecular weight excluding hydrogens is 368 g/mol. The Morgan fingerprint density at radius 2 is 1.59 bits per heavy atom. The van der Waals surface area contributed by atoms with Gasteiger partial charge in [0.2, 0.25) is 0 Å². The van der Waals surface area contributed by atoms with Gasteiger partial charge in [-0.15, -0.1) is 0 Å². The van der Waals surface area contributed by atoms with E-state index in [2.05, 4.69) is 0 Å². The summed E-state index contributed by atoms with van der Waals surface area (Å²) in [5.74, 6) is -0.0559. The second kappa shape index (κ2) is 8.44. The van der Waals surface area contributed by atoms with Gasteiger partial charge in [0, 0.05) is 11.5 Å². The molecule has 144 valence electrons. The van der Waals surface area contributed by atoms with Crippen LogP contribution in [0.4, 0.5) is 0 Å². The van der Waals surface area contributed by atoms with Gasteiger partial charge in [-0.3, -0.25) is 0 Å². The van der Waals surface area contributed by atoms with Crippen LogP contribution in [0, 0.1) is 0 Å². The van der Waals surface area contributed by atoms with Gasteiger partial charge in [0.05, 0.1) is 5.56 Å². The fourth-order valence-electron chi connectivity index (χ4n) is 2.92. The van der Waals surface area contributed by atoms with Crippen molar-refractivity contribution >= 4 is 16.9 Å². The van der Waals surface area contributed by atoms with Crippen LogP contribution >= 0.6 is 0 Å². The number of ether oxygens (including phenoxy) is 2. The van der Waals surface area contributed by atoms with Crippen molar-refractivity contribution < 1.29 is 18.7 Å². The van der Waals surface area contributed by atoms with Gasteiger partial charge in [0.15, 0.2) is 6.61 Å². The third kappa shape index (κ3) is 4.52. The van der Waals surface area contributed by atoms with Crippen molar-refractivity contribution in [2.45, 2.75) is 6.61 Å². The SMILES string of the molecule is O=C(COc1ccc2cc(-c3ccccc3)c(=O)oc2c1)OCc1ccccc1. The van der Waals surface area contributed by atoms with Crippen molar-refractivity contribution in [3.05, 3.63) is 101 Å². The summed E-state index contributed by atoms with van der Waals surface area (Å²) in [6.07, 6.45) is 0. The second-order valence-corrected chi connectivity index (χ2v) is 6.45. The topological polar surface area (TPSA) is 65.7 Å². The lowest BCUT2D eigenvalue weighted by molar-refractivity contribution is -0.147. The normalized spacial score (nSPS) is 10.6. The first-order chi connectivity index (χ1) is 14.2. The van der Waals surface area contributed by atoms with E-state index in [1.807, 2.05) is 60.7 Å². The molecule has 0 aliphatic rings. The molecule has 0 N–H and O–H groups in total. The lowest BCUT2D eigenvalue weighted by Gasteiger charge is -2.08. The third-order valence-corrected chi connectivity index (χ3v) is 4.39. The van der Waals surface area contributed by atoms with Crippen molar-refractivity contribution in [2.75, 3.05) is 6.61 Å². The molecule has 3 aromatic carbocycles. The Hall–Kier alpha value is -3.86. The number of fused-ring (bicyclic) bond motifs is 1. The highest BCUT2D eigenvalue weighted by Gasteiger charge is 2.10. The summed E-state index contributed by atoms with van der Waals surface area (Å²) >= 11 is 0. The second-order valence-electron chi connectivity index (χ2n) is 6.45. The predicted octanol–water partition coefficient (Wildman–Crippen LogP) is 4.58. The van der Waals surface area contributed by atoms with Crippen molar-refractivity contribution in [3.63, 3.8) is 0 Å². The lowest BCUT2D eigenvalue weighted by Crippen LogP contribution is -2.14. The van der Waals surface area contributed by atoms with Crippen LogP contribution in [-0.4, -0.2) is 12.6 Å². The lowest BCUT2D eigenvalue weighted by atomic mass is 10.1. The zero-order chi connectivity index (χ0) is 20.1. The highest BCUT2D eigenvalue weighted by molar-refractivity contribution is 5.82. The number of hydrogen-bond donors (Lipinski definition) is 0. The zero-order valence-corrected chi connectivity index (χ0v) is 15.5. The summed E-state index contributed by atoms with van der Waals surface area (Å²) in [7, 11) is 0. The van der Waals surface area contributed by atoms with E-state index in [9.17, 15) is 9.59 Å². The van der Waals surface area contributed by atoms with Crippen LogP contribution in [0.15, 0.2) is 94.1 Å². The maximum Gasteiger partial charge on any atom is 0.344 e. The molecule has 5 heteroatoms. The van der Waals surface area contributed by atoms with Gasteiger partial charge in [-0.1, -0.05) is 60.7 Å². The zero-order valence-electron chi connectivity index (χ0n) is 15.5. The van der Waals surface area contributed by atoms with Gasteiger partial charge >= 0.3 is 11.6 Å². The number of rotatable bonds is 6. The molecule has 0 amide bonds. The highest BCUT2D eigenvalue weighted by Crippen LogP contribution is 2.24. The number of esters is 1. The molecule has 0 aliphatic heterocycles. The number of carbonyl (C=O) groups is 1. The quantitative estimate of drug-likeness (QED) is 0.358. The molecule has 0 radical (unpaired) electrons. The van der Waals surface area contributed by atoms with Gasteiger partial charge in [-0.05, 0) is 29.3 Å². The van der Waals surface area contributed by atoms with E-state index in [4.69, 9.17) is 13.9 Å². The maximum atomic E-state index is 12.3. The summed E-state index contributed by atoms with van der Waals surface area (Å²) in [4.78, 5) is 24.2. The summed E-state index contributed by atoms with van der Waals surface area (Å²) < 4.78 is 16.1. The summed E-state index contributed by atoms with van der Waals surface area (Å²) in [5, 5.41) is 0.766. The molecule has 0 saturated carbocycles. The largest absolute Gasteiger partial charge is 0.482 e. The number of carbonyl (C=O) groups excluding carboxylic acids is 1. The minimum Gasteiger partial charge on any atom is -0.482 e. The van der Waals surface area contributed by atoms with E-state index < -0.39 is 11.6 Å². The van der Waals surface area contributed by atoms with Gasteiger partial charge in [0.1, 0.15) is 17.9 Å². The Balaban J connectivity index is 1.44. The van der Waals surface area contributed by atoms with Gasteiger partial charge in [-0.25, -0.2) is 9.59 Å². The molecule has 1 aromatic heterocycles. The molecule has 1 heterocycles. The van der Waals surface area contributed by atoms with E-state index in [1.54, 1.807) is 24.3 Å². The molecule has 0 fully saturated rings. The molecule has 0 atom stereocenters. The Kier molecular flexibility index (Phi) is 5.38. The molecular formula is C24H18O5. The Labute approximate surface area is 167 Å². The summed E-state index contributed by atoms with van der Waals surface area (Å²) in [5.41, 5.74) is 2.16.